The lowest BCUT2D eigenvalue weighted by atomic mass is 10.2. The smallest absolute Gasteiger partial charge is 0.338 e. The maximum Gasteiger partial charge on any atom is 0.338 e. The van der Waals surface area contributed by atoms with Gasteiger partial charge in [0.2, 0.25) is 5.91 Å². The first-order valence-corrected chi connectivity index (χ1v) is 11.9. The molecule has 0 atom stereocenters. The molecule has 7 nitrogen and oxygen atoms in total. The quantitative estimate of drug-likeness (QED) is 0.499. The fourth-order valence-electron chi connectivity index (χ4n) is 3.10. The number of sulfonamides is 1. The molecule has 0 saturated carbocycles. The highest BCUT2D eigenvalue weighted by atomic mass is 32.2. The van der Waals surface area contributed by atoms with Crippen molar-refractivity contribution in [2.45, 2.75) is 25.7 Å². The van der Waals surface area contributed by atoms with Crippen LogP contribution in [0.5, 0.6) is 0 Å². The van der Waals surface area contributed by atoms with Crippen molar-refractivity contribution in [3.63, 3.8) is 0 Å². The minimum Gasteiger partial charge on any atom is -0.462 e. The molecule has 0 spiro atoms. The number of ether oxygens (including phenoxy) is 1. The van der Waals surface area contributed by atoms with E-state index in [1.54, 1.807) is 55.5 Å². The van der Waals surface area contributed by atoms with Crippen LogP contribution in [0.15, 0.2) is 77.7 Å². The predicted octanol–water partition coefficient (Wildman–Crippen LogP) is 4.31. The summed E-state index contributed by atoms with van der Waals surface area (Å²) >= 11 is 0. The highest BCUT2D eigenvalue weighted by Gasteiger charge is 2.27. The molecule has 33 heavy (non-hydrogen) atoms. The number of hydrogen-bond donors (Lipinski definition) is 1. The summed E-state index contributed by atoms with van der Waals surface area (Å²) in [4.78, 5) is 24.7. The number of hydrogen-bond acceptors (Lipinski definition) is 5. The van der Waals surface area contributed by atoms with Gasteiger partial charge in [-0.3, -0.25) is 9.10 Å². The number of carbonyl (C=O) groups excluding carboxylic acids is 2. The van der Waals surface area contributed by atoms with Crippen LogP contribution in [-0.2, 0) is 19.6 Å². The van der Waals surface area contributed by atoms with Crippen LogP contribution < -0.4 is 9.62 Å². The predicted molar refractivity (Wildman–Crippen MR) is 128 cm³/mol. The molecule has 0 fully saturated rings. The van der Waals surface area contributed by atoms with Gasteiger partial charge in [-0.25, -0.2) is 13.2 Å². The van der Waals surface area contributed by atoms with Gasteiger partial charge in [0, 0.05) is 5.69 Å². The third-order valence-corrected chi connectivity index (χ3v) is 6.69. The van der Waals surface area contributed by atoms with E-state index in [0.29, 0.717) is 16.9 Å². The molecular weight excluding hydrogens is 440 g/mol. The summed E-state index contributed by atoms with van der Waals surface area (Å²) in [6, 6.07) is 19.6. The standard InChI is InChI=1S/C25H26N2O5S/c1-4-32-25(29)20-9-11-21(12-10-20)26-24(28)17-27(22-13-5-18(2)6-14-22)33(30,31)23-15-7-19(3)8-16-23/h5-16H,4,17H2,1-3H3,(H,26,28). The van der Waals surface area contributed by atoms with E-state index in [1.807, 2.05) is 13.8 Å². The monoisotopic (exact) mass is 466 g/mol. The Hall–Kier alpha value is -3.65. The molecule has 172 valence electrons. The summed E-state index contributed by atoms with van der Waals surface area (Å²) in [7, 11) is -3.98. The zero-order valence-electron chi connectivity index (χ0n) is 18.7. The van der Waals surface area contributed by atoms with Gasteiger partial charge in [-0.2, -0.15) is 0 Å². The van der Waals surface area contributed by atoms with Crippen LogP contribution in [0.25, 0.3) is 0 Å². The van der Waals surface area contributed by atoms with E-state index in [9.17, 15) is 18.0 Å². The number of rotatable bonds is 8. The summed E-state index contributed by atoms with van der Waals surface area (Å²) < 4.78 is 32.8. The third-order valence-electron chi connectivity index (χ3n) is 4.90. The average molecular weight is 467 g/mol. The van der Waals surface area contributed by atoms with Gasteiger partial charge in [-0.05, 0) is 69.3 Å². The van der Waals surface area contributed by atoms with Crippen molar-refractivity contribution >= 4 is 33.3 Å². The highest BCUT2D eigenvalue weighted by Crippen LogP contribution is 2.24. The van der Waals surface area contributed by atoms with Crippen LogP contribution >= 0.6 is 0 Å². The van der Waals surface area contributed by atoms with Crippen molar-refractivity contribution in [2.75, 3.05) is 22.8 Å². The SMILES string of the molecule is CCOC(=O)c1ccc(NC(=O)CN(c2ccc(C)cc2)S(=O)(=O)c2ccc(C)cc2)cc1. The minimum absolute atomic E-state index is 0.0975. The number of benzene rings is 3. The Morgan fingerprint density at radius 2 is 1.39 bits per heavy atom. The van der Waals surface area contributed by atoms with Crippen LogP contribution in [0.3, 0.4) is 0 Å². The van der Waals surface area contributed by atoms with Gasteiger partial charge in [0.05, 0.1) is 22.8 Å². The second-order valence-electron chi connectivity index (χ2n) is 7.51. The number of amides is 1. The van der Waals surface area contributed by atoms with Crippen molar-refractivity contribution < 1.29 is 22.7 Å². The van der Waals surface area contributed by atoms with Crippen molar-refractivity contribution in [1.82, 2.24) is 0 Å². The topological polar surface area (TPSA) is 92.8 Å². The van der Waals surface area contributed by atoms with Gasteiger partial charge in [0.15, 0.2) is 0 Å². The summed E-state index contributed by atoms with van der Waals surface area (Å²) in [6.45, 7) is 5.33. The second-order valence-corrected chi connectivity index (χ2v) is 9.37. The largest absolute Gasteiger partial charge is 0.462 e. The van der Waals surface area contributed by atoms with Crippen LogP contribution in [-0.4, -0.2) is 33.4 Å². The van der Waals surface area contributed by atoms with Gasteiger partial charge >= 0.3 is 5.97 Å². The van der Waals surface area contributed by atoms with E-state index in [4.69, 9.17) is 4.74 Å². The molecule has 3 aromatic carbocycles. The molecule has 0 aromatic heterocycles. The normalized spacial score (nSPS) is 11.0. The molecule has 8 heteroatoms. The average Bonchev–Trinajstić information content (AvgIpc) is 2.79. The molecule has 0 unspecified atom stereocenters. The lowest BCUT2D eigenvalue weighted by Crippen LogP contribution is -2.38. The molecule has 0 aliphatic heterocycles. The van der Waals surface area contributed by atoms with Gasteiger partial charge < -0.3 is 10.1 Å². The van der Waals surface area contributed by atoms with E-state index in [1.165, 1.54) is 24.3 Å². The lowest BCUT2D eigenvalue weighted by Gasteiger charge is -2.24. The van der Waals surface area contributed by atoms with Gasteiger partial charge in [-0.1, -0.05) is 35.4 Å². The molecule has 3 aromatic rings. The molecule has 0 saturated heterocycles. The first-order valence-electron chi connectivity index (χ1n) is 10.4. The first-order chi connectivity index (χ1) is 15.7. The molecule has 0 bridgehead atoms. The fraction of sp³-hybridized carbons (Fsp3) is 0.200. The van der Waals surface area contributed by atoms with Gasteiger partial charge in [0.25, 0.3) is 10.0 Å². The maximum absolute atomic E-state index is 13.4. The van der Waals surface area contributed by atoms with E-state index in [0.717, 1.165) is 15.4 Å². The van der Waals surface area contributed by atoms with Crippen LogP contribution in [0, 0.1) is 13.8 Å². The molecular formula is C25H26N2O5S. The Kier molecular flexibility index (Phi) is 7.50. The number of carbonyl (C=O) groups is 2. The van der Waals surface area contributed by atoms with E-state index < -0.39 is 28.4 Å². The third kappa shape index (κ3) is 5.98. The van der Waals surface area contributed by atoms with Crippen molar-refractivity contribution in [1.29, 1.82) is 0 Å². The fourth-order valence-corrected chi connectivity index (χ4v) is 4.52. The Labute approximate surface area is 194 Å². The number of esters is 1. The van der Waals surface area contributed by atoms with Crippen molar-refractivity contribution in [2.24, 2.45) is 0 Å². The minimum atomic E-state index is -3.98. The Morgan fingerprint density at radius 1 is 0.848 bits per heavy atom. The molecule has 0 heterocycles. The number of nitrogens with one attached hydrogen (secondary N) is 1. The second kappa shape index (κ2) is 10.3. The molecule has 0 aliphatic carbocycles. The summed E-state index contributed by atoms with van der Waals surface area (Å²) in [5.74, 6) is -0.972. The zero-order chi connectivity index (χ0) is 24.0. The molecule has 0 radical (unpaired) electrons. The number of aryl methyl sites for hydroxylation is 2. The first kappa shape index (κ1) is 24.0. The van der Waals surface area contributed by atoms with Crippen molar-refractivity contribution in [3.8, 4) is 0 Å². The molecule has 1 N–H and O–H groups in total. The molecule has 3 rings (SSSR count). The summed E-state index contributed by atoms with van der Waals surface area (Å²) in [5, 5.41) is 2.69. The van der Waals surface area contributed by atoms with Gasteiger partial charge in [-0.15, -0.1) is 0 Å². The number of anilines is 2. The maximum atomic E-state index is 13.4. The lowest BCUT2D eigenvalue weighted by molar-refractivity contribution is -0.114. The Balaban J connectivity index is 1.84. The van der Waals surface area contributed by atoms with E-state index in [-0.39, 0.29) is 11.5 Å². The summed E-state index contributed by atoms with van der Waals surface area (Å²) in [6.07, 6.45) is 0. The van der Waals surface area contributed by atoms with Crippen LogP contribution in [0.4, 0.5) is 11.4 Å². The van der Waals surface area contributed by atoms with Gasteiger partial charge in [0.1, 0.15) is 6.54 Å². The van der Waals surface area contributed by atoms with Crippen LogP contribution in [0.1, 0.15) is 28.4 Å². The van der Waals surface area contributed by atoms with E-state index in [2.05, 4.69) is 5.32 Å². The van der Waals surface area contributed by atoms with E-state index >= 15 is 0 Å². The van der Waals surface area contributed by atoms with Crippen molar-refractivity contribution in [3.05, 3.63) is 89.5 Å². The Bertz CT molecular complexity index is 1220. The summed E-state index contributed by atoms with van der Waals surface area (Å²) in [5.41, 5.74) is 3.08. The zero-order valence-corrected chi connectivity index (χ0v) is 19.6. The Morgan fingerprint density at radius 3 is 1.94 bits per heavy atom. The molecule has 1 amide bonds. The van der Waals surface area contributed by atoms with Crippen LogP contribution in [0.2, 0.25) is 0 Å². The molecule has 0 aliphatic rings. The highest BCUT2D eigenvalue weighted by molar-refractivity contribution is 7.92. The number of nitrogens with zero attached hydrogens (tertiary/aromatic N) is 1.